The number of halogens is 3. The Kier molecular flexibility index (Phi) is 6.61. The summed E-state index contributed by atoms with van der Waals surface area (Å²) < 4.78 is 39.8. The number of anilines is 1. The molecule has 3 N–H and O–H groups in total. The first-order chi connectivity index (χ1) is 12.7. The highest BCUT2D eigenvalue weighted by Crippen LogP contribution is 2.30. The molecule has 1 aromatic heterocycles. The molecule has 1 heterocycles. The second-order valence-corrected chi connectivity index (χ2v) is 6.30. The van der Waals surface area contributed by atoms with Crippen LogP contribution in [0.2, 0.25) is 0 Å². The molecule has 0 radical (unpaired) electrons. The smallest absolute Gasteiger partial charge is 0.369 e. The molecule has 0 unspecified atom stereocenters. The number of allylic oxidation sites excluding steroid dienone is 1. The van der Waals surface area contributed by atoms with Crippen LogP contribution in [0, 0.1) is 0 Å². The molecular weight excluding hydrogens is 383 g/mol. The van der Waals surface area contributed by atoms with Crippen molar-refractivity contribution in [2.24, 2.45) is 5.73 Å². The lowest BCUT2D eigenvalue weighted by molar-refractivity contribution is -0.137. The highest BCUT2D eigenvalue weighted by molar-refractivity contribution is 7.99. The third-order valence-electron chi connectivity index (χ3n) is 3.24. The van der Waals surface area contributed by atoms with Crippen LogP contribution in [0.1, 0.15) is 11.4 Å². The number of aromatic nitrogens is 3. The number of rotatable bonds is 8. The number of nitrogens with two attached hydrogens (primary N) is 1. The Morgan fingerprint density at radius 2 is 2.07 bits per heavy atom. The molecule has 0 aliphatic rings. The highest BCUT2D eigenvalue weighted by Gasteiger charge is 2.30. The first-order valence-corrected chi connectivity index (χ1v) is 8.60. The Bertz CT molecular complexity index is 851. The number of amides is 2. The van der Waals surface area contributed by atoms with Gasteiger partial charge in [-0.1, -0.05) is 23.9 Å². The van der Waals surface area contributed by atoms with Crippen molar-refractivity contribution in [2.45, 2.75) is 24.3 Å². The van der Waals surface area contributed by atoms with Gasteiger partial charge in [0.2, 0.25) is 11.8 Å². The molecule has 0 spiro atoms. The van der Waals surface area contributed by atoms with E-state index in [1.165, 1.54) is 12.1 Å². The number of benzene rings is 1. The van der Waals surface area contributed by atoms with E-state index < -0.39 is 23.6 Å². The topological polar surface area (TPSA) is 103 Å². The summed E-state index contributed by atoms with van der Waals surface area (Å²) in [4.78, 5) is 23.1. The molecule has 2 amide bonds. The maximum Gasteiger partial charge on any atom is 0.416 e. The maximum absolute atomic E-state index is 12.7. The molecule has 27 heavy (non-hydrogen) atoms. The average Bonchev–Trinajstić information content (AvgIpc) is 2.94. The third-order valence-corrected chi connectivity index (χ3v) is 4.23. The van der Waals surface area contributed by atoms with Crippen molar-refractivity contribution in [1.82, 2.24) is 14.8 Å². The monoisotopic (exact) mass is 399 g/mol. The number of thioether (sulfide) groups is 1. The molecule has 1 aromatic carbocycles. The molecule has 0 fully saturated rings. The van der Waals surface area contributed by atoms with Crippen LogP contribution in [-0.2, 0) is 28.7 Å². The van der Waals surface area contributed by atoms with Crippen molar-refractivity contribution in [3.8, 4) is 0 Å². The van der Waals surface area contributed by atoms with Gasteiger partial charge in [-0.05, 0) is 18.2 Å². The van der Waals surface area contributed by atoms with Crippen LogP contribution in [-0.4, -0.2) is 32.3 Å². The number of nitrogens with zero attached hydrogens (tertiary/aromatic N) is 3. The molecule has 2 aromatic rings. The zero-order chi connectivity index (χ0) is 20.0. The SMILES string of the molecule is C=CCn1c(CC(=O)Nc2cccc(C(F)(F)F)c2)nnc1SCC(N)=O. The number of primary amides is 1. The van der Waals surface area contributed by atoms with Crippen molar-refractivity contribution < 1.29 is 22.8 Å². The van der Waals surface area contributed by atoms with Gasteiger partial charge in [0.1, 0.15) is 5.82 Å². The summed E-state index contributed by atoms with van der Waals surface area (Å²) in [7, 11) is 0. The third kappa shape index (κ3) is 5.84. The number of nitrogens with one attached hydrogen (secondary N) is 1. The van der Waals surface area contributed by atoms with E-state index in [9.17, 15) is 22.8 Å². The fourth-order valence-electron chi connectivity index (χ4n) is 2.13. The van der Waals surface area contributed by atoms with Crippen molar-refractivity contribution in [2.75, 3.05) is 11.1 Å². The fraction of sp³-hybridized carbons (Fsp3) is 0.250. The molecule has 0 saturated carbocycles. The first-order valence-electron chi connectivity index (χ1n) is 7.62. The van der Waals surface area contributed by atoms with Crippen LogP contribution in [0.4, 0.5) is 18.9 Å². The average molecular weight is 399 g/mol. The second-order valence-electron chi connectivity index (χ2n) is 5.36. The zero-order valence-corrected chi connectivity index (χ0v) is 14.8. The normalized spacial score (nSPS) is 11.2. The zero-order valence-electron chi connectivity index (χ0n) is 14.0. The fourth-order valence-corrected chi connectivity index (χ4v) is 2.83. The van der Waals surface area contributed by atoms with Crippen LogP contribution in [0.3, 0.4) is 0 Å². The molecule has 144 valence electrons. The molecule has 0 saturated heterocycles. The van der Waals surface area contributed by atoms with E-state index in [1.54, 1.807) is 10.6 Å². The Labute approximate surface area is 156 Å². The molecule has 0 aliphatic carbocycles. The predicted octanol–water partition coefficient (Wildman–Crippen LogP) is 2.24. The molecule has 7 nitrogen and oxygen atoms in total. The van der Waals surface area contributed by atoms with Crippen LogP contribution in [0.25, 0.3) is 0 Å². The minimum Gasteiger partial charge on any atom is -0.369 e. The summed E-state index contributed by atoms with van der Waals surface area (Å²) in [6, 6.07) is 4.33. The maximum atomic E-state index is 12.7. The van der Waals surface area contributed by atoms with Gasteiger partial charge in [-0.15, -0.1) is 16.8 Å². The van der Waals surface area contributed by atoms with Gasteiger partial charge in [0.15, 0.2) is 5.16 Å². The predicted molar refractivity (Wildman–Crippen MR) is 93.9 cm³/mol. The minimum atomic E-state index is -4.50. The Morgan fingerprint density at radius 1 is 1.33 bits per heavy atom. The van der Waals surface area contributed by atoms with E-state index in [0.29, 0.717) is 11.7 Å². The van der Waals surface area contributed by atoms with Crippen LogP contribution >= 0.6 is 11.8 Å². The summed E-state index contributed by atoms with van der Waals surface area (Å²) in [5.41, 5.74) is 4.26. The number of alkyl halides is 3. The Hall–Kier alpha value is -2.82. The van der Waals surface area contributed by atoms with Crippen molar-refractivity contribution in [1.29, 1.82) is 0 Å². The summed E-state index contributed by atoms with van der Waals surface area (Å²) in [6.45, 7) is 3.90. The van der Waals surface area contributed by atoms with Crippen molar-refractivity contribution >= 4 is 29.3 Å². The van der Waals surface area contributed by atoms with E-state index in [-0.39, 0.29) is 23.7 Å². The van der Waals surface area contributed by atoms with E-state index in [2.05, 4.69) is 22.1 Å². The van der Waals surface area contributed by atoms with E-state index >= 15 is 0 Å². The lowest BCUT2D eigenvalue weighted by Crippen LogP contribution is -2.18. The van der Waals surface area contributed by atoms with Crippen LogP contribution < -0.4 is 11.1 Å². The van der Waals surface area contributed by atoms with Crippen LogP contribution in [0.15, 0.2) is 42.1 Å². The summed E-state index contributed by atoms with van der Waals surface area (Å²) >= 11 is 1.06. The van der Waals surface area contributed by atoms with Gasteiger partial charge >= 0.3 is 6.18 Å². The lowest BCUT2D eigenvalue weighted by atomic mass is 10.2. The van der Waals surface area contributed by atoms with E-state index in [1.807, 2.05) is 0 Å². The Balaban J connectivity index is 2.11. The number of carbonyl (C=O) groups is 2. The standard InChI is InChI=1S/C16H16F3N5O2S/c1-2-6-24-13(22-23-15(24)27-9-12(20)25)8-14(26)21-11-5-3-4-10(7-11)16(17,18)19/h2-5,7H,1,6,8-9H2,(H2,20,25)(H,21,26). The van der Waals surface area contributed by atoms with Gasteiger partial charge in [-0.2, -0.15) is 13.2 Å². The summed E-state index contributed by atoms with van der Waals surface area (Å²) in [5.74, 6) is -0.812. The van der Waals surface area contributed by atoms with E-state index in [0.717, 1.165) is 23.9 Å². The number of carbonyl (C=O) groups excluding carboxylic acids is 2. The highest BCUT2D eigenvalue weighted by atomic mass is 32.2. The lowest BCUT2D eigenvalue weighted by Gasteiger charge is -2.10. The number of hydrogen-bond acceptors (Lipinski definition) is 5. The minimum absolute atomic E-state index is 0.00823. The van der Waals surface area contributed by atoms with Gasteiger partial charge < -0.3 is 15.6 Å². The van der Waals surface area contributed by atoms with Gasteiger partial charge in [-0.3, -0.25) is 9.59 Å². The van der Waals surface area contributed by atoms with Gasteiger partial charge in [0, 0.05) is 12.2 Å². The van der Waals surface area contributed by atoms with E-state index in [4.69, 9.17) is 5.73 Å². The molecule has 11 heteroatoms. The molecule has 0 bridgehead atoms. The summed E-state index contributed by atoms with van der Waals surface area (Å²) in [6.07, 6.45) is -3.16. The van der Waals surface area contributed by atoms with Gasteiger partial charge in [0.05, 0.1) is 17.7 Å². The van der Waals surface area contributed by atoms with Crippen molar-refractivity contribution in [3.05, 3.63) is 48.3 Å². The molecule has 2 rings (SSSR count). The Morgan fingerprint density at radius 3 is 2.70 bits per heavy atom. The molecule has 0 atom stereocenters. The quantitative estimate of drug-likeness (QED) is 0.524. The molecule has 0 aliphatic heterocycles. The number of hydrogen-bond donors (Lipinski definition) is 2. The second kappa shape index (κ2) is 8.71. The largest absolute Gasteiger partial charge is 0.416 e. The molecular formula is C16H16F3N5O2S. The summed E-state index contributed by atoms with van der Waals surface area (Å²) in [5, 5.41) is 10.6. The first kappa shape index (κ1) is 20.5. The van der Waals surface area contributed by atoms with Gasteiger partial charge in [-0.25, -0.2) is 0 Å². The van der Waals surface area contributed by atoms with Crippen molar-refractivity contribution in [3.63, 3.8) is 0 Å². The van der Waals surface area contributed by atoms with Crippen LogP contribution in [0.5, 0.6) is 0 Å². The van der Waals surface area contributed by atoms with Gasteiger partial charge in [0.25, 0.3) is 0 Å².